The van der Waals surface area contributed by atoms with Crippen molar-refractivity contribution in [3.8, 4) is 0 Å². The SMILES string of the molecule is CN=C(NCCCOCC(F)(F)F)N(C)Cc1ccccc1Br. The Bertz CT molecular complexity index is 509. The Kier molecular flexibility index (Phi) is 8.40. The van der Waals surface area contributed by atoms with Gasteiger partial charge in [-0.2, -0.15) is 13.2 Å². The number of guanidine groups is 1. The van der Waals surface area contributed by atoms with E-state index in [9.17, 15) is 13.2 Å². The molecule has 130 valence electrons. The maximum Gasteiger partial charge on any atom is 0.411 e. The summed E-state index contributed by atoms with van der Waals surface area (Å²) >= 11 is 3.50. The molecule has 0 radical (unpaired) electrons. The summed E-state index contributed by atoms with van der Waals surface area (Å²) in [6.45, 7) is -0.00237. The molecular formula is C15H21BrF3N3O. The van der Waals surface area contributed by atoms with Gasteiger partial charge in [0, 0.05) is 38.3 Å². The van der Waals surface area contributed by atoms with Gasteiger partial charge >= 0.3 is 6.18 Å². The largest absolute Gasteiger partial charge is 0.411 e. The van der Waals surface area contributed by atoms with E-state index in [-0.39, 0.29) is 6.61 Å². The van der Waals surface area contributed by atoms with E-state index in [2.05, 4.69) is 31.0 Å². The summed E-state index contributed by atoms with van der Waals surface area (Å²) in [6.07, 6.45) is -3.80. The first-order valence-electron chi connectivity index (χ1n) is 7.13. The molecule has 0 spiro atoms. The molecule has 1 aromatic rings. The first-order valence-corrected chi connectivity index (χ1v) is 7.92. The molecule has 0 aliphatic heterocycles. The number of halogens is 4. The molecule has 0 atom stereocenters. The van der Waals surface area contributed by atoms with Gasteiger partial charge in [-0.15, -0.1) is 0 Å². The van der Waals surface area contributed by atoms with Crippen molar-refractivity contribution in [2.24, 2.45) is 4.99 Å². The number of alkyl halides is 3. The molecule has 1 aromatic carbocycles. The van der Waals surface area contributed by atoms with Gasteiger partial charge in [-0.3, -0.25) is 4.99 Å². The second kappa shape index (κ2) is 9.77. The minimum absolute atomic E-state index is 0.0530. The van der Waals surface area contributed by atoms with Crippen molar-refractivity contribution in [1.82, 2.24) is 10.2 Å². The predicted molar refractivity (Wildman–Crippen MR) is 88.5 cm³/mol. The molecular weight excluding hydrogens is 375 g/mol. The average molecular weight is 396 g/mol. The Hall–Kier alpha value is -1.28. The van der Waals surface area contributed by atoms with E-state index < -0.39 is 12.8 Å². The van der Waals surface area contributed by atoms with E-state index in [1.165, 1.54) is 0 Å². The number of nitrogens with zero attached hydrogens (tertiary/aromatic N) is 2. The highest BCUT2D eigenvalue weighted by Crippen LogP contribution is 2.17. The Labute approximate surface area is 142 Å². The fourth-order valence-corrected chi connectivity index (χ4v) is 2.31. The number of nitrogens with one attached hydrogen (secondary N) is 1. The van der Waals surface area contributed by atoms with E-state index >= 15 is 0 Å². The van der Waals surface area contributed by atoms with Crippen LogP contribution in [0.1, 0.15) is 12.0 Å². The molecule has 0 saturated heterocycles. The lowest BCUT2D eigenvalue weighted by Gasteiger charge is -2.22. The summed E-state index contributed by atoms with van der Waals surface area (Å²) in [6, 6.07) is 7.89. The van der Waals surface area contributed by atoms with Crippen LogP contribution in [0, 0.1) is 0 Å². The Morgan fingerprint density at radius 3 is 2.65 bits per heavy atom. The highest BCUT2D eigenvalue weighted by atomic mass is 79.9. The summed E-state index contributed by atoms with van der Waals surface area (Å²) < 4.78 is 41.3. The van der Waals surface area contributed by atoms with Gasteiger partial charge in [-0.1, -0.05) is 34.1 Å². The molecule has 1 N–H and O–H groups in total. The lowest BCUT2D eigenvalue weighted by molar-refractivity contribution is -0.173. The van der Waals surface area contributed by atoms with Crippen LogP contribution < -0.4 is 5.32 Å². The van der Waals surface area contributed by atoms with Crippen molar-refractivity contribution in [3.63, 3.8) is 0 Å². The van der Waals surface area contributed by atoms with Crippen molar-refractivity contribution in [1.29, 1.82) is 0 Å². The number of hydrogen-bond donors (Lipinski definition) is 1. The van der Waals surface area contributed by atoms with Crippen LogP contribution in [-0.4, -0.2) is 50.9 Å². The van der Waals surface area contributed by atoms with Gasteiger partial charge in [0.15, 0.2) is 5.96 Å². The molecule has 0 aromatic heterocycles. The third-order valence-corrected chi connectivity index (χ3v) is 3.73. The van der Waals surface area contributed by atoms with Gasteiger partial charge < -0.3 is 15.0 Å². The second-order valence-corrected chi connectivity index (χ2v) is 5.80. The zero-order chi connectivity index (χ0) is 17.3. The van der Waals surface area contributed by atoms with Gasteiger partial charge in [0.1, 0.15) is 6.61 Å². The molecule has 4 nitrogen and oxygen atoms in total. The van der Waals surface area contributed by atoms with Crippen molar-refractivity contribution < 1.29 is 17.9 Å². The number of aliphatic imine (C=N–C) groups is 1. The highest BCUT2D eigenvalue weighted by molar-refractivity contribution is 9.10. The molecule has 8 heteroatoms. The van der Waals surface area contributed by atoms with Crippen LogP contribution in [0.25, 0.3) is 0 Å². The van der Waals surface area contributed by atoms with Crippen LogP contribution in [0.3, 0.4) is 0 Å². The highest BCUT2D eigenvalue weighted by Gasteiger charge is 2.27. The monoisotopic (exact) mass is 395 g/mol. The number of rotatable bonds is 7. The van der Waals surface area contributed by atoms with E-state index in [1.54, 1.807) is 7.05 Å². The molecule has 0 aliphatic rings. The van der Waals surface area contributed by atoms with Gasteiger partial charge in [0.05, 0.1) is 0 Å². The summed E-state index contributed by atoms with van der Waals surface area (Å²) in [5.41, 5.74) is 1.12. The molecule has 0 saturated carbocycles. The fraction of sp³-hybridized carbons (Fsp3) is 0.533. The number of ether oxygens (including phenoxy) is 1. The smallest absolute Gasteiger partial charge is 0.372 e. The maximum atomic E-state index is 11.9. The Morgan fingerprint density at radius 1 is 1.35 bits per heavy atom. The van der Waals surface area contributed by atoms with Gasteiger partial charge in [0.2, 0.25) is 0 Å². The predicted octanol–water partition coefficient (Wildman–Crippen LogP) is 3.43. The zero-order valence-electron chi connectivity index (χ0n) is 13.2. The van der Waals surface area contributed by atoms with E-state index in [4.69, 9.17) is 0 Å². The Balaban J connectivity index is 2.32. The first-order chi connectivity index (χ1) is 10.8. The summed E-state index contributed by atoms with van der Waals surface area (Å²) in [7, 11) is 3.56. The molecule has 0 aliphatic carbocycles. The van der Waals surface area contributed by atoms with Crippen LogP contribution >= 0.6 is 15.9 Å². The molecule has 0 amide bonds. The molecule has 0 fully saturated rings. The quantitative estimate of drug-likeness (QED) is 0.436. The summed E-state index contributed by atoms with van der Waals surface area (Å²) in [5, 5.41) is 3.11. The van der Waals surface area contributed by atoms with E-state index in [1.807, 2.05) is 36.2 Å². The minimum Gasteiger partial charge on any atom is -0.372 e. The summed E-state index contributed by atoms with van der Waals surface area (Å²) in [5.74, 6) is 0.677. The van der Waals surface area contributed by atoms with E-state index in [0.717, 1.165) is 10.0 Å². The molecule has 0 heterocycles. The Morgan fingerprint density at radius 2 is 2.04 bits per heavy atom. The van der Waals surface area contributed by atoms with Crippen LogP contribution in [0.2, 0.25) is 0 Å². The van der Waals surface area contributed by atoms with Crippen molar-refractivity contribution >= 4 is 21.9 Å². The second-order valence-electron chi connectivity index (χ2n) is 4.94. The van der Waals surface area contributed by atoms with Crippen LogP contribution in [0.15, 0.2) is 33.7 Å². The van der Waals surface area contributed by atoms with Gasteiger partial charge in [-0.25, -0.2) is 0 Å². The third kappa shape index (κ3) is 8.22. The maximum absolute atomic E-state index is 11.9. The topological polar surface area (TPSA) is 36.9 Å². The number of hydrogen-bond acceptors (Lipinski definition) is 2. The number of benzene rings is 1. The molecule has 1 rings (SSSR count). The van der Waals surface area contributed by atoms with Crippen molar-refractivity contribution in [2.75, 3.05) is 33.9 Å². The van der Waals surface area contributed by atoms with Crippen molar-refractivity contribution in [2.45, 2.75) is 19.1 Å². The lowest BCUT2D eigenvalue weighted by atomic mass is 10.2. The summed E-state index contributed by atoms with van der Waals surface area (Å²) in [4.78, 5) is 6.11. The minimum atomic E-state index is -4.27. The van der Waals surface area contributed by atoms with Crippen LogP contribution in [0.5, 0.6) is 0 Å². The van der Waals surface area contributed by atoms with Gasteiger partial charge in [0.25, 0.3) is 0 Å². The van der Waals surface area contributed by atoms with Crippen LogP contribution in [0.4, 0.5) is 13.2 Å². The van der Waals surface area contributed by atoms with E-state index in [0.29, 0.717) is 25.5 Å². The third-order valence-electron chi connectivity index (χ3n) is 2.95. The average Bonchev–Trinajstić information content (AvgIpc) is 2.47. The van der Waals surface area contributed by atoms with Crippen molar-refractivity contribution in [3.05, 3.63) is 34.3 Å². The van der Waals surface area contributed by atoms with Gasteiger partial charge in [-0.05, 0) is 18.1 Å². The first kappa shape index (κ1) is 19.8. The molecule has 23 heavy (non-hydrogen) atoms. The normalized spacial score (nSPS) is 12.3. The molecule has 0 bridgehead atoms. The fourth-order valence-electron chi connectivity index (χ4n) is 1.90. The molecule has 0 unspecified atom stereocenters. The van der Waals surface area contributed by atoms with Crippen LogP contribution in [-0.2, 0) is 11.3 Å². The zero-order valence-corrected chi connectivity index (χ0v) is 14.7. The standard InChI is InChI=1S/C15H21BrF3N3O/c1-20-14(21-8-5-9-23-11-15(17,18)19)22(2)10-12-6-3-4-7-13(12)16/h3-4,6-7H,5,8-11H2,1-2H3,(H,20,21). The lowest BCUT2D eigenvalue weighted by Crippen LogP contribution is -2.39.